The summed E-state index contributed by atoms with van der Waals surface area (Å²) in [6, 6.07) is 0. The smallest absolute Gasteiger partial charge is 0.191 e. The van der Waals surface area contributed by atoms with Gasteiger partial charge in [-0.05, 0) is 52.5 Å². The molecule has 2 saturated heterocycles. The van der Waals surface area contributed by atoms with Crippen LogP contribution in [0, 0.1) is 0 Å². The predicted octanol–water partition coefficient (Wildman–Crippen LogP) is 1.55. The Morgan fingerprint density at radius 3 is 2.68 bits per heavy atom. The summed E-state index contributed by atoms with van der Waals surface area (Å²) in [5, 5.41) is 7.65. The van der Waals surface area contributed by atoms with Crippen molar-refractivity contribution in [3.8, 4) is 0 Å². The van der Waals surface area contributed by atoms with Crippen molar-refractivity contribution in [2.24, 2.45) is 4.99 Å². The Kier molecular flexibility index (Phi) is 7.31. The number of nitrogens with zero attached hydrogens (tertiary/aromatic N) is 2. The molecule has 2 heterocycles. The number of aliphatic imine (C=N–C) groups is 1. The van der Waals surface area contributed by atoms with Crippen molar-refractivity contribution in [3.63, 3.8) is 0 Å². The highest BCUT2D eigenvalue weighted by atomic mass is 32.2. The van der Waals surface area contributed by atoms with Gasteiger partial charge in [-0.15, -0.1) is 0 Å². The van der Waals surface area contributed by atoms with E-state index in [2.05, 4.69) is 48.3 Å². The van der Waals surface area contributed by atoms with Crippen LogP contribution in [0.1, 0.15) is 32.6 Å². The number of nitrogens with one attached hydrogen (secondary N) is 2. The quantitative estimate of drug-likeness (QED) is 0.572. The molecule has 0 aromatic carbocycles. The van der Waals surface area contributed by atoms with Gasteiger partial charge in [-0.2, -0.15) is 11.8 Å². The van der Waals surface area contributed by atoms with Crippen LogP contribution in [0.15, 0.2) is 4.99 Å². The van der Waals surface area contributed by atoms with E-state index in [1.54, 1.807) is 0 Å². The first kappa shape index (κ1) is 17.9. The third kappa shape index (κ3) is 5.03. The second-order valence-electron chi connectivity index (χ2n) is 6.44. The Bertz CT molecular complexity index is 350. The summed E-state index contributed by atoms with van der Waals surface area (Å²) in [5.74, 6) is 2.27. The van der Waals surface area contributed by atoms with Gasteiger partial charge in [0, 0.05) is 37.1 Å². The molecule has 0 aliphatic carbocycles. The van der Waals surface area contributed by atoms with Gasteiger partial charge in [-0.25, -0.2) is 0 Å². The number of thioether (sulfide) groups is 1. The van der Waals surface area contributed by atoms with Gasteiger partial charge >= 0.3 is 0 Å². The van der Waals surface area contributed by atoms with Crippen molar-refractivity contribution in [3.05, 3.63) is 0 Å². The molecule has 0 bridgehead atoms. The van der Waals surface area contributed by atoms with Crippen molar-refractivity contribution >= 4 is 17.7 Å². The van der Waals surface area contributed by atoms with E-state index in [-0.39, 0.29) is 5.54 Å². The van der Waals surface area contributed by atoms with Crippen LogP contribution < -0.4 is 10.6 Å². The van der Waals surface area contributed by atoms with Crippen molar-refractivity contribution in [1.29, 1.82) is 0 Å². The molecule has 0 saturated carbocycles. The first-order valence-corrected chi connectivity index (χ1v) is 9.60. The van der Waals surface area contributed by atoms with E-state index >= 15 is 0 Å². The summed E-state index contributed by atoms with van der Waals surface area (Å²) in [6.07, 6.45) is 4.80. The fourth-order valence-electron chi connectivity index (χ4n) is 3.08. The van der Waals surface area contributed by atoms with Gasteiger partial charge in [0.15, 0.2) is 5.96 Å². The van der Waals surface area contributed by atoms with E-state index < -0.39 is 0 Å². The molecule has 1 unspecified atom stereocenters. The van der Waals surface area contributed by atoms with E-state index in [1.165, 1.54) is 18.6 Å². The number of likely N-dealkylation sites (N-methyl/N-ethyl adjacent to an activating group) is 1. The van der Waals surface area contributed by atoms with E-state index in [4.69, 9.17) is 9.73 Å². The fourth-order valence-corrected chi connectivity index (χ4v) is 4.28. The number of guanidine groups is 1. The Balaban J connectivity index is 1.91. The normalized spacial score (nSPS) is 25.5. The lowest BCUT2D eigenvalue weighted by molar-refractivity contribution is -0.00254. The maximum Gasteiger partial charge on any atom is 0.191 e. The van der Waals surface area contributed by atoms with Crippen molar-refractivity contribution in [2.45, 2.75) is 43.4 Å². The van der Waals surface area contributed by atoms with Crippen molar-refractivity contribution in [2.75, 3.05) is 52.7 Å². The Labute approximate surface area is 139 Å². The third-order valence-electron chi connectivity index (χ3n) is 4.77. The van der Waals surface area contributed by atoms with Crippen LogP contribution in [0.4, 0.5) is 0 Å². The van der Waals surface area contributed by atoms with E-state index in [9.17, 15) is 0 Å². The summed E-state index contributed by atoms with van der Waals surface area (Å²) < 4.78 is 5.54. The molecule has 2 aliphatic heterocycles. The Hall–Kier alpha value is -0.460. The average molecular weight is 329 g/mol. The highest BCUT2D eigenvalue weighted by Gasteiger charge is 2.34. The molecular formula is C16H32N4OS. The minimum atomic E-state index is 0.142. The van der Waals surface area contributed by atoms with Crippen LogP contribution in [0.25, 0.3) is 0 Å². The van der Waals surface area contributed by atoms with Crippen LogP contribution in [0.3, 0.4) is 0 Å². The highest BCUT2D eigenvalue weighted by Crippen LogP contribution is 2.26. The van der Waals surface area contributed by atoms with E-state index in [0.29, 0.717) is 0 Å². The molecule has 2 rings (SSSR count). The SMILES string of the molecule is CCNC(=NCC1(N(C)C)CCOCC1)NCC1CCCS1. The van der Waals surface area contributed by atoms with E-state index in [1.807, 2.05) is 0 Å². The predicted molar refractivity (Wildman–Crippen MR) is 95.9 cm³/mol. The standard InChI is InChI=1S/C16H32N4OS/c1-4-17-15(18-12-14-6-5-11-22-14)19-13-16(20(2)3)7-9-21-10-8-16/h14H,4-13H2,1-3H3,(H2,17,18,19). The molecule has 5 nitrogen and oxygen atoms in total. The van der Waals surface area contributed by atoms with Crippen LogP contribution in [-0.2, 0) is 4.74 Å². The van der Waals surface area contributed by atoms with Gasteiger partial charge in [0.25, 0.3) is 0 Å². The third-order valence-corrected chi connectivity index (χ3v) is 6.17. The minimum absolute atomic E-state index is 0.142. The zero-order valence-corrected chi connectivity index (χ0v) is 15.2. The number of rotatable bonds is 6. The maximum atomic E-state index is 5.54. The molecular weight excluding hydrogens is 296 g/mol. The second kappa shape index (κ2) is 8.99. The van der Waals surface area contributed by atoms with Gasteiger partial charge < -0.3 is 20.3 Å². The Morgan fingerprint density at radius 2 is 2.09 bits per heavy atom. The molecule has 1 atom stereocenters. The summed E-state index contributed by atoms with van der Waals surface area (Å²) in [6.45, 7) is 6.57. The maximum absolute atomic E-state index is 5.54. The Morgan fingerprint density at radius 1 is 1.32 bits per heavy atom. The fraction of sp³-hybridized carbons (Fsp3) is 0.938. The molecule has 0 aromatic heterocycles. The summed E-state index contributed by atoms with van der Waals surface area (Å²) in [4.78, 5) is 7.21. The first-order chi connectivity index (χ1) is 10.7. The molecule has 0 spiro atoms. The molecule has 0 amide bonds. The molecule has 128 valence electrons. The molecule has 22 heavy (non-hydrogen) atoms. The lowest BCUT2D eigenvalue weighted by Crippen LogP contribution is -2.52. The minimum Gasteiger partial charge on any atom is -0.381 e. The van der Waals surface area contributed by atoms with Crippen LogP contribution in [-0.4, -0.2) is 74.3 Å². The number of hydrogen-bond acceptors (Lipinski definition) is 4. The van der Waals surface area contributed by atoms with Gasteiger partial charge in [0.1, 0.15) is 0 Å². The zero-order valence-electron chi connectivity index (χ0n) is 14.4. The summed E-state index contributed by atoms with van der Waals surface area (Å²) >= 11 is 2.08. The van der Waals surface area contributed by atoms with Crippen molar-refractivity contribution in [1.82, 2.24) is 15.5 Å². The molecule has 2 fully saturated rings. The van der Waals surface area contributed by atoms with Gasteiger partial charge in [-0.1, -0.05) is 0 Å². The zero-order chi connectivity index (χ0) is 15.8. The average Bonchev–Trinajstić information content (AvgIpc) is 3.04. The lowest BCUT2D eigenvalue weighted by Gasteiger charge is -2.41. The van der Waals surface area contributed by atoms with Crippen LogP contribution >= 0.6 is 11.8 Å². The second-order valence-corrected chi connectivity index (χ2v) is 7.85. The van der Waals surface area contributed by atoms with E-state index in [0.717, 1.165) is 56.9 Å². The summed E-state index contributed by atoms with van der Waals surface area (Å²) in [7, 11) is 4.33. The number of ether oxygens (including phenoxy) is 1. The van der Waals surface area contributed by atoms with Crippen LogP contribution in [0.2, 0.25) is 0 Å². The lowest BCUT2D eigenvalue weighted by atomic mass is 9.89. The van der Waals surface area contributed by atoms with Gasteiger partial charge in [-0.3, -0.25) is 4.99 Å². The largest absolute Gasteiger partial charge is 0.381 e. The summed E-state index contributed by atoms with van der Waals surface area (Å²) in [5.41, 5.74) is 0.142. The monoisotopic (exact) mass is 328 g/mol. The molecule has 2 aliphatic rings. The van der Waals surface area contributed by atoms with Gasteiger partial charge in [0.2, 0.25) is 0 Å². The molecule has 6 heteroatoms. The first-order valence-electron chi connectivity index (χ1n) is 8.55. The highest BCUT2D eigenvalue weighted by molar-refractivity contribution is 8.00. The van der Waals surface area contributed by atoms with Crippen molar-refractivity contribution < 1.29 is 4.74 Å². The number of hydrogen-bond donors (Lipinski definition) is 2. The van der Waals surface area contributed by atoms with Gasteiger partial charge in [0.05, 0.1) is 6.54 Å². The van der Waals surface area contributed by atoms with Crippen LogP contribution in [0.5, 0.6) is 0 Å². The molecule has 2 N–H and O–H groups in total. The molecule has 0 aromatic rings. The topological polar surface area (TPSA) is 48.9 Å². The molecule has 0 radical (unpaired) electrons.